The number of rotatable bonds is 6. The van der Waals surface area contributed by atoms with Crippen LogP contribution in [0.5, 0.6) is 5.75 Å². The quantitative estimate of drug-likeness (QED) is 0.675. The Morgan fingerprint density at radius 3 is 2.62 bits per heavy atom. The van der Waals surface area contributed by atoms with Gasteiger partial charge in [-0.2, -0.15) is 0 Å². The van der Waals surface area contributed by atoms with Crippen LogP contribution in [0.1, 0.15) is 18.5 Å². The smallest absolute Gasteiger partial charge is 0.338 e. The molecule has 0 radical (unpaired) electrons. The molecule has 1 N–H and O–H groups in total. The summed E-state index contributed by atoms with van der Waals surface area (Å²) in [5, 5.41) is 3.77. The van der Waals surface area contributed by atoms with Crippen molar-refractivity contribution in [1.82, 2.24) is 10.2 Å². The first kappa shape index (κ1) is 21.0. The molecule has 8 heteroatoms. The van der Waals surface area contributed by atoms with Crippen molar-refractivity contribution in [3.8, 4) is 5.75 Å². The number of benzene rings is 2. The van der Waals surface area contributed by atoms with E-state index in [2.05, 4.69) is 5.32 Å². The summed E-state index contributed by atoms with van der Waals surface area (Å²) in [6.07, 6.45) is 0. The van der Waals surface area contributed by atoms with Gasteiger partial charge in [0.1, 0.15) is 12.4 Å². The Morgan fingerprint density at radius 2 is 1.93 bits per heavy atom. The Kier molecular flexibility index (Phi) is 6.67. The molecule has 2 aromatic rings. The molecule has 0 saturated heterocycles. The average molecular weight is 435 g/mol. The zero-order valence-electron chi connectivity index (χ0n) is 15.9. The van der Waals surface area contributed by atoms with Gasteiger partial charge in [-0.25, -0.2) is 9.59 Å². The Balaban J connectivity index is 2.05. The van der Waals surface area contributed by atoms with Crippen molar-refractivity contribution in [3.63, 3.8) is 0 Å². The number of nitrogens with zero attached hydrogens (tertiary/aromatic N) is 1. The van der Waals surface area contributed by atoms with Crippen LogP contribution < -0.4 is 10.1 Å². The lowest BCUT2D eigenvalue weighted by Gasteiger charge is -2.34. The molecule has 1 atom stereocenters. The SMILES string of the molecule is CCOC(=O)C1=C(COc2cccc(Cl)c2)N(C)C(=O)NC1c1ccccc1Cl. The monoisotopic (exact) mass is 434 g/mol. The lowest BCUT2D eigenvalue weighted by Crippen LogP contribution is -2.48. The first-order valence-electron chi connectivity index (χ1n) is 8.99. The van der Waals surface area contributed by atoms with E-state index in [0.717, 1.165) is 0 Å². The van der Waals surface area contributed by atoms with Gasteiger partial charge in [-0.15, -0.1) is 0 Å². The van der Waals surface area contributed by atoms with E-state index in [4.69, 9.17) is 32.7 Å². The first-order chi connectivity index (χ1) is 13.9. The number of nitrogens with one attached hydrogen (secondary N) is 1. The molecule has 3 rings (SSSR count). The summed E-state index contributed by atoms with van der Waals surface area (Å²) in [7, 11) is 1.56. The molecule has 1 aliphatic heterocycles. The van der Waals surface area contributed by atoms with Gasteiger partial charge in [-0.05, 0) is 36.8 Å². The minimum absolute atomic E-state index is 0.0284. The van der Waals surface area contributed by atoms with Crippen molar-refractivity contribution in [2.24, 2.45) is 0 Å². The largest absolute Gasteiger partial charge is 0.487 e. The maximum atomic E-state index is 12.8. The molecule has 0 bridgehead atoms. The molecule has 0 aliphatic carbocycles. The van der Waals surface area contributed by atoms with Gasteiger partial charge in [0.25, 0.3) is 0 Å². The average Bonchev–Trinajstić information content (AvgIpc) is 2.69. The molecular formula is C21H20Cl2N2O4. The molecule has 29 heavy (non-hydrogen) atoms. The van der Waals surface area contributed by atoms with E-state index in [1.165, 1.54) is 4.90 Å². The molecule has 152 valence electrons. The summed E-state index contributed by atoms with van der Waals surface area (Å²) in [6.45, 7) is 1.88. The maximum absolute atomic E-state index is 12.8. The standard InChI is InChI=1S/C21H20Cl2N2O4/c1-3-28-20(26)18-17(12-29-14-8-6-7-13(22)11-14)25(2)21(27)24-19(18)15-9-4-5-10-16(15)23/h4-11,19H,3,12H2,1-2H3,(H,24,27). The topological polar surface area (TPSA) is 67.9 Å². The zero-order chi connectivity index (χ0) is 21.0. The molecule has 1 aliphatic rings. The number of hydrogen-bond acceptors (Lipinski definition) is 4. The summed E-state index contributed by atoms with van der Waals surface area (Å²) in [6, 6.07) is 12.8. The number of hydrogen-bond donors (Lipinski definition) is 1. The number of likely N-dealkylation sites (N-methyl/N-ethyl adjacent to an activating group) is 1. The predicted molar refractivity (Wildman–Crippen MR) is 111 cm³/mol. The number of halogens is 2. The fourth-order valence-electron chi connectivity index (χ4n) is 3.03. The van der Waals surface area contributed by atoms with Crippen LogP contribution in [-0.2, 0) is 9.53 Å². The molecule has 2 aromatic carbocycles. The van der Waals surface area contributed by atoms with Crippen molar-refractivity contribution in [3.05, 3.63) is 75.4 Å². The lowest BCUT2D eigenvalue weighted by atomic mass is 9.94. The highest BCUT2D eigenvalue weighted by molar-refractivity contribution is 6.31. The summed E-state index contributed by atoms with van der Waals surface area (Å²) < 4.78 is 11.1. The van der Waals surface area contributed by atoms with Crippen LogP contribution in [0.15, 0.2) is 59.8 Å². The van der Waals surface area contributed by atoms with Gasteiger partial charge in [0, 0.05) is 17.1 Å². The Morgan fingerprint density at radius 1 is 1.17 bits per heavy atom. The highest BCUT2D eigenvalue weighted by Gasteiger charge is 2.37. The summed E-state index contributed by atoms with van der Waals surface area (Å²) in [4.78, 5) is 26.8. The van der Waals surface area contributed by atoms with Gasteiger partial charge >= 0.3 is 12.0 Å². The Bertz CT molecular complexity index is 961. The Labute approximate surface area is 179 Å². The number of ether oxygens (including phenoxy) is 2. The third kappa shape index (κ3) is 4.66. The number of carbonyl (C=O) groups is 2. The second-order valence-corrected chi connectivity index (χ2v) is 7.13. The summed E-state index contributed by atoms with van der Waals surface area (Å²) >= 11 is 12.3. The van der Waals surface area contributed by atoms with Crippen LogP contribution in [0, 0.1) is 0 Å². The van der Waals surface area contributed by atoms with Gasteiger partial charge in [-0.1, -0.05) is 47.5 Å². The second-order valence-electron chi connectivity index (χ2n) is 6.29. The van der Waals surface area contributed by atoms with Crippen LogP contribution in [0.25, 0.3) is 0 Å². The first-order valence-corrected chi connectivity index (χ1v) is 9.75. The van der Waals surface area contributed by atoms with E-state index in [1.54, 1.807) is 62.5 Å². The molecular weight excluding hydrogens is 415 g/mol. The van der Waals surface area contributed by atoms with Crippen LogP contribution in [0.4, 0.5) is 4.79 Å². The van der Waals surface area contributed by atoms with Crippen molar-refractivity contribution in [2.75, 3.05) is 20.3 Å². The molecule has 1 heterocycles. The van der Waals surface area contributed by atoms with E-state index in [9.17, 15) is 9.59 Å². The third-order valence-corrected chi connectivity index (χ3v) is 5.04. The van der Waals surface area contributed by atoms with E-state index < -0.39 is 12.0 Å². The zero-order valence-corrected chi connectivity index (χ0v) is 17.5. The molecule has 0 aromatic heterocycles. The lowest BCUT2D eigenvalue weighted by molar-refractivity contribution is -0.139. The van der Waals surface area contributed by atoms with Crippen LogP contribution >= 0.6 is 23.2 Å². The van der Waals surface area contributed by atoms with Gasteiger partial charge < -0.3 is 14.8 Å². The van der Waals surface area contributed by atoms with E-state index in [1.807, 2.05) is 0 Å². The molecule has 0 fully saturated rings. The molecule has 0 spiro atoms. The van der Waals surface area contributed by atoms with Crippen LogP contribution in [0.3, 0.4) is 0 Å². The number of esters is 1. The van der Waals surface area contributed by atoms with Crippen molar-refractivity contribution < 1.29 is 19.1 Å². The van der Waals surface area contributed by atoms with E-state index in [0.29, 0.717) is 27.1 Å². The van der Waals surface area contributed by atoms with Gasteiger partial charge in [0.05, 0.1) is 23.9 Å². The normalized spacial score (nSPS) is 16.5. The van der Waals surface area contributed by atoms with Crippen molar-refractivity contribution in [2.45, 2.75) is 13.0 Å². The van der Waals surface area contributed by atoms with E-state index in [-0.39, 0.29) is 24.8 Å². The van der Waals surface area contributed by atoms with E-state index >= 15 is 0 Å². The minimum atomic E-state index is -0.760. The summed E-state index contributed by atoms with van der Waals surface area (Å²) in [5.41, 5.74) is 1.25. The second kappa shape index (κ2) is 9.20. The van der Waals surface area contributed by atoms with Gasteiger partial charge in [0.2, 0.25) is 0 Å². The highest BCUT2D eigenvalue weighted by Crippen LogP contribution is 2.34. The number of urea groups is 1. The fraction of sp³-hybridized carbons (Fsp3) is 0.238. The van der Waals surface area contributed by atoms with Crippen LogP contribution in [0.2, 0.25) is 10.0 Å². The predicted octanol–water partition coefficient (Wildman–Crippen LogP) is 4.59. The highest BCUT2D eigenvalue weighted by atomic mass is 35.5. The van der Waals surface area contributed by atoms with Gasteiger partial charge in [-0.3, -0.25) is 4.90 Å². The molecule has 0 saturated carbocycles. The number of amides is 2. The molecule has 6 nitrogen and oxygen atoms in total. The maximum Gasteiger partial charge on any atom is 0.338 e. The minimum Gasteiger partial charge on any atom is -0.487 e. The molecule has 1 unspecified atom stereocenters. The fourth-order valence-corrected chi connectivity index (χ4v) is 3.46. The number of carbonyl (C=O) groups excluding carboxylic acids is 2. The molecule has 2 amide bonds. The van der Waals surface area contributed by atoms with Crippen molar-refractivity contribution in [1.29, 1.82) is 0 Å². The van der Waals surface area contributed by atoms with Crippen LogP contribution in [-0.4, -0.2) is 37.2 Å². The van der Waals surface area contributed by atoms with Crippen molar-refractivity contribution >= 4 is 35.2 Å². The third-order valence-electron chi connectivity index (χ3n) is 4.46. The summed E-state index contributed by atoms with van der Waals surface area (Å²) in [5.74, 6) is -0.0316. The Hall–Kier alpha value is -2.70. The van der Waals surface area contributed by atoms with Gasteiger partial charge in [0.15, 0.2) is 0 Å².